The van der Waals surface area contributed by atoms with E-state index in [4.69, 9.17) is 9.47 Å². The maximum absolute atomic E-state index is 6.23. The van der Waals surface area contributed by atoms with Gasteiger partial charge in [-0.1, -0.05) is 48.5 Å². The molecule has 1 N–H and O–H groups in total. The molecule has 2 aromatic rings. The Morgan fingerprint density at radius 3 is 2.54 bits per heavy atom. The lowest BCUT2D eigenvalue weighted by Crippen LogP contribution is -2.38. The van der Waals surface area contributed by atoms with E-state index in [2.05, 4.69) is 42.5 Å². The van der Waals surface area contributed by atoms with Crippen LogP contribution in [0.4, 0.5) is 0 Å². The van der Waals surface area contributed by atoms with Crippen LogP contribution in [-0.2, 0) is 4.74 Å². The Hall–Kier alpha value is -1.88. The van der Waals surface area contributed by atoms with Gasteiger partial charge < -0.3 is 19.7 Å². The third-order valence-electron chi connectivity index (χ3n) is 4.12. The molecule has 0 aromatic heterocycles. The highest BCUT2D eigenvalue weighted by Crippen LogP contribution is 2.38. The van der Waals surface area contributed by atoms with Crippen molar-refractivity contribution in [2.45, 2.75) is 18.8 Å². The normalized spacial score (nSPS) is 19.8. The lowest BCUT2D eigenvalue weighted by molar-refractivity contribution is -0.124. The summed E-state index contributed by atoms with van der Waals surface area (Å²) < 4.78 is 12.2. The lowest BCUT2D eigenvalue weighted by Gasteiger charge is -2.33. The average molecular weight is 326 g/mol. The van der Waals surface area contributed by atoms with E-state index in [0.29, 0.717) is 6.54 Å². The largest absolute Gasteiger partial charge is 0.463 e. The molecule has 0 saturated carbocycles. The molecule has 128 valence electrons. The Morgan fingerprint density at radius 2 is 1.75 bits per heavy atom. The Balaban J connectivity index is 1.65. The van der Waals surface area contributed by atoms with E-state index in [-0.39, 0.29) is 12.4 Å². The summed E-state index contributed by atoms with van der Waals surface area (Å²) in [4.78, 5) is 2.19. The first-order chi connectivity index (χ1) is 11.7. The van der Waals surface area contributed by atoms with Crippen LogP contribution in [0.5, 0.6) is 5.75 Å². The molecule has 0 spiro atoms. The number of nitrogens with one attached hydrogen (secondary N) is 1. The van der Waals surface area contributed by atoms with Gasteiger partial charge in [0, 0.05) is 5.56 Å². The van der Waals surface area contributed by atoms with E-state index in [1.54, 1.807) is 0 Å². The third kappa shape index (κ3) is 4.35. The van der Waals surface area contributed by atoms with Gasteiger partial charge in [-0.2, -0.15) is 0 Å². The summed E-state index contributed by atoms with van der Waals surface area (Å²) in [7, 11) is 4.18. The van der Waals surface area contributed by atoms with Crippen molar-refractivity contribution in [1.82, 2.24) is 10.2 Å². The first-order valence-electron chi connectivity index (χ1n) is 8.55. The predicted molar refractivity (Wildman–Crippen MR) is 96.3 cm³/mol. The molecule has 0 radical (unpaired) electrons. The molecule has 2 atom stereocenters. The van der Waals surface area contributed by atoms with E-state index in [1.807, 2.05) is 36.4 Å². The van der Waals surface area contributed by atoms with Gasteiger partial charge >= 0.3 is 0 Å². The monoisotopic (exact) mass is 326 g/mol. The van der Waals surface area contributed by atoms with Crippen molar-refractivity contribution in [3.63, 3.8) is 0 Å². The molecule has 0 unspecified atom stereocenters. The Morgan fingerprint density at radius 1 is 1.00 bits per heavy atom. The SMILES string of the molecule is CN(C)CCCNC[C@H]1Oc2ccccc2[C@H](c2ccccc2)O1. The Kier molecular flexibility index (Phi) is 5.86. The van der Waals surface area contributed by atoms with Gasteiger partial charge in [0.25, 0.3) is 0 Å². The zero-order chi connectivity index (χ0) is 16.8. The van der Waals surface area contributed by atoms with Gasteiger partial charge in [-0.05, 0) is 45.2 Å². The second-order valence-electron chi connectivity index (χ2n) is 6.37. The fraction of sp³-hybridized carbons (Fsp3) is 0.400. The van der Waals surface area contributed by atoms with Crippen molar-refractivity contribution in [2.75, 3.05) is 33.7 Å². The second-order valence-corrected chi connectivity index (χ2v) is 6.37. The molecular weight excluding hydrogens is 300 g/mol. The van der Waals surface area contributed by atoms with Crippen LogP contribution in [0.15, 0.2) is 54.6 Å². The van der Waals surface area contributed by atoms with E-state index in [0.717, 1.165) is 36.4 Å². The van der Waals surface area contributed by atoms with Crippen molar-refractivity contribution >= 4 is 0 Å². The number of para-hydroxylation sites is 1. The van der Waals surface area contributed by atoms with Crippen LogP contribution in [-0.4, -0.2) is 44.9 Å². The molecule has 24 heavy (non-hydrogen) atoms. The van der Waals surface area contributed by atoms with E-state index in [1.165, 1.54) is 0 Å². The van der Waals surface area contributed by atoms with Gasteiger partial charge in [0.15, 0.2) is 0 Å². The maximum Gasteiger partial charge on any atom is 0.213 e. The lowest BCUT2D eigenvalue weighted by atomic mass is 9.99. The summed E-state index contributed by atoms with van der Waals surface area (Å²) in [5.74, 6) is 0.915. The number of rotatable bonds is 7. The quantitative estimate of drug-likeness (QED) is 0.793. The average Bonchev–Trinajstić information content (AvgIpc) is 2.61. The molecule has 0 amide bonds. The van der Waals surface area contributed by atoms with Crippen LogP contribution in [0, 0.1) is 0 Å². The van der Waals surface area contributed by atoms with Gasteiger partial charge in [-0.3, -0.25) is 0 Å². The first kappa shape index (κ1) is 17.0. The van der Waals surface area contributed by atoms with Crippen LogP contribution >= 0.6 is 0 Å². The van der Waals surface area contributed by atoms with Gasteiger partial charge in [0.05, 0.1) is 6.54 Å². The zero-order valence-electron chi connectivity index (χ0n) is 14.4. The molecule has 0 bridgehead atoms. The van der Waals surface area contributed by atoms with Gasteiger partial charge in [-0.25, -0.2) is 0 Å². The molecule has 4 heteroatoms. The molecule has 1 aliphatic heterocycles. The summed E-state index contributed by atoms with van der Waals surface area (Å²) in [5, 5.41) is 3.44. The molecule has 2 aromatic carbocycles. The molecule has 0 aliphatic carbocycles. The maximum atomic E-state index is 6.23. The molecule has 0 saturated heterocycles. The summed E-state index contributed by atoms with van der Waals surface area (Å²) in [6.45, 7) is 2.72. The number of fused-ring (bicyclic) bond motifs is 1. The van der Waals surface area contributed by atoms with E-state index in [9.17, 15) is 0 Å². The highest BCUT2D eigenvalue weighted by molar-refractivity contribution is 5.41. The standard InChI is InChI=1S/C20H26N2O2/c1-22(2)14-8-13-21-15-19-23-18-12-7-6-11-17(18)20(24-19)16-9-4-3-5-10-16/h3-7,9-12,19-21H,8,13-15H2,1-2H3/t19-,20-/m0/s1. The van der Waals surface area contributed by atoms with Crippen molar-refractivity contribution in [2.24, 2.45) is 0 Å². The van der Waals surface area contributed by atoms with Crippen LogP contribution in [0.1, 0.15) is 23.7 Å². The summed E-state index contributed by atoms with van der Waals surface area (Å²) in [6, 6.07) is 18.5. The molecule has 0 fully saturated rings. The fourth-order valence-corrected chi connectivity index (χ4v) is 2.91. The van der Waals surface area contributed by atoms with Crippen molar-refractivity contribution < 1.29 is 9.47 Å². The molecule has 1 aliphatic rings. The number of ether oxygens (including phenoxy) is 2. The summed E-state index contributed by atoms with van der Waals surface area (Å²) in [6.07, 6.45) is 0.757. The second kappa shape index (κ2) is 8.29. The molecule has 3 rings (SSSR count). The van der Waals surface area contributed by atoms with E-state index >= 15 is 0 Å². The van der Waals surface area contributed by atoms with Gasteiger partial charge in [0.2, 0.25) is 6.29 Å². The summed E-state index contributed by atoms with van der Waals surface area (Å²) in [5.41, 5.74) is 2.25. The smallest absolute Gasteiger partial charge is 0.213 e. The number of nitrogens with zero attached hydrogens (tertiary/aromatic N) is 1. The van der Waals surface area contributed by atoms with E-state index < -0.39 is 0 Å². The molecular formula is C20H26N2O2. The minimum atomic E-state index is -0.274. The fourth-order valence-electron chi connectivity index (χ4n) is 2.91. The van der Waals surface area contributed by atoms with Crippen molar-refractivity contribution in [3.8, 4) is 5.75 Å². The van der Waals surface area contributed by atoms with Crippen molar-refractivity contribution in [3.05, 3.63) is 65.7 Å². The third-order valence-corrected chi connectivity index (χ3v) is 4.12. The van der Waals surface area contributed by atoms with Crippen molar-refractivity contribution in [1.29, 1.82) is 0 Å². The minimum absolute atomic E-state index is 0.0790. The van der Waals surface area contributed by atoms with Crippen LogP contribution in [0.3, 0.4) is 0 Å². The Labute approximate surface area is 144 Å². The molecule has 4 nitrogen and oxygen atoms in total. The van der Waals surface area contributed by atoms with Crippen LogP contribution in [0.2, 0.25) is 0 Å². The topological polar surface area (TPSA) is 33.7 Å². The summed E-state index contributed by atoms with van der Waals surface area (Å²) >= 11 is 0. The van der Waals surface area contributed by atoms with Gasteiger partial charge in [0.1, 0.15) is 11.9 Å². The minimum Gasteiger partial charge on any atom is -0.463 e. The molecule has 1 heterocycles. The predicted octanol–water partition coefficient (Wildman–Crippen LogP) is 3.05. The highest BCUT2D eigenvalue weighted by Gasteiger charge is 2.29. The first-order valence-corrected chi connectivity index (χ1v) is 8.55. The van der Waals surface area contributed by atoms with Crippen LogP contribution < -0.4 is 10.1 Å². The zero-order valence-corrected chi connectivity index (χ0v) is 14.4. The van der Waals surface area contributed by atoms with Gasteiger partial charge in [-0.15, -0.1) is 0 Å². The number of hydrogen-bond donors (Lipinski definition) is 1. The highest BCUT2D eigenvalue weighted by atomic mass is 16.7. The van der Waals surface area contributed by atoms with Crippen LogP contribution in [0.25, 0.3) is 0 Å². The Bertz CT molecular complexity index is 631. The number of hydrogen-bond acceptors (Lipinski definition) is 4. The number of benzene rings is 2.